The Balaban J connectivity index is 2.11. The molecule has 2 rings (SSSR count). The van der Waals surface area contributed by atoms with Gasteiger partial charge in [-0.3, -0.25) is 0 Å². The Morgan fingerprint density at radius 1 is 1.29 bits per heavy atom. The minimum absolute atomic E-state index is 0.298. The highest BCUT2D eigenvalue weighted by molar-refractivity contribution is 7.15. The summed E-state index contributed by atoms with van der Waals surface area (Å²) in [6.45, 7) is 8.52. The van der Waals surface area contributed by atoms with E-state index in [0.29, 0.717) is 6.04 Å². The van der Waals surface area contributed by atoms with Crippen molar-refractivity contribution in [3.63, 3.8) is 0 Å². The largest absolute Gasteiger partial charge is 0.353 e. The fourth-order valence-electron chi connectivity index (χ4n) is 1.72. The number of rotatable bonds is 4. The Bertz CT molecular complexity index is 502. The van der Waals surface area contributed by atoms with E-state index in [9.17, 15) is 0 Å². The van der Waals surface area contributed by atoms with Gasteiger partial charge in [-0.1, -0.05) is 18.3 Å². The van der Waals surface area contributed by atoms with Gasteiger partial charge in [0, 0.05) is 9.75 Å². The first-order valence-electron chi connectivity index (χ1n) is 5.76. The quantitative estimate of drug-likeness (QED) is 0.911. The summed E-state index contributed by atoms with van der Waals surface area (Å²) in [6, 6.07) is 2.57. The number of aryl methyl sites for hydroxylation is 3. The number of hydrogen-bond donors (Lipinski definition) is 1. The third-order valence-electron chi connectivity index (χ3n) is 2.65. The van der Waals surface area contributed by atoms with Crippen molar-refractivity contribution in [2.24, 2.45) is 0 Å². The van der Waals surface area contributed by atoms with Crippen molar-refractivity contribution < 1.29 is 0 Å². The molecule has 0 saturated carbocycles. The second-order valence-electron chi connectivity index (χ2n) is 4.10. The predicted molar refractivity (Wildman–Crippen MR) is 75.1 cm³/mol. The minimum Gasteiger partial charge on any atom is -0.353 e. The van der Waals surface area contributed by atoms with E-state index >= 15 is 0 Å². The highest BCUT2D eigenvalue weighted by atomic mass is 32.1. The van der Waals surface area contributed by atoms with Crippen LogP contribution in [0.5, 0.6) is 0 Å². The van der Waals surface area contributed by atoms with E-state index in [0.717, 1.165) is 16.6 Å². The van der Waals surface area contributed by atoms with Crippen molar-refractivity contribution in [3.05, 3.63) is 26.4 Å². The average molecular weight is 267 g/mol. The molecule has 0 amide bonds. The molecular formula is C12H17N3S2. The lowest BCUT2D eigenvalue weighted by atomic mass is 10.2. The highest BCUT2D eigenvalue weighted by Gasteiger charge is 2.12. The monoisotopic (exact) mass is 267 g/mol. The Kier molecular flexibility index (Phi) is 3.79. The standard InChI is InChI=1S/C12H17N3S2/c1-5-10-7(2)6-11(17-10)8(3)13-12-15-14-9(4)16-12/h6,8H,5H2,1-4H3,(H,13,15). The SMILES string of the molecule is CCc1sc(C(C)Nc2nnc(C)s2)cc1C. The molecule has 0 saturated heterocycles. The van der Waals surface area contributed by atoms with E-state index in [1.54, 1.807) is 11.3 Å². The second-order valence-corrected chi connectivity index (χ2v) is 6.45. The molecule has 1 unspecified atom stereocenters. The average Bonchev–Trinajstić information content (AvgIpc) is 2.85. The van der Waals surface area contributed by atoms with Crippen molar-refractivity contribution in [1.82, 2.24) is 10.2 Å². The Morgan fingerprint density at radius 2 is 2.06 bits per heavy atom. The molecule has 2 aromatic rings. The molecule has 0 aliphatic heterocycles. The van der Waals surface area contributed by atoms with Gasteiger partial charge in [0.2, 0.25) is 5.13 Å². The number of hydrogen-bond acceptors (Lipinski definition) is 5. The lowest BCUT2D eigenvalue weighted by Gasteiger charge is -2.09. The maximum Gasteiger partial charge on any atom is 0.206 e. The first-order chi connectivity index (χ1) is 8.10. The van der Waals surface area contributed by atoms with Crippen LogP contribution in [0.1, 0.15) is 40.2 Å². The lowest BCUT2D eigenvalue weighted by molar-refractivity contribution is 0.892. The molecule has 1 N–H and O–H groups in total. The fourth-order valence-corrected chi connectivity index (χ4v) is 3.52. The van der Waals surface area contributed by atoms with Gasteiger partial charge in [-0.25, -0.2) is 0 Å². The van der Waals surface area contributed by atoms with Crippen LogP contribution in [-0.2, 0) is 6.42 Å². The van der Waals surface area contributed by atoms with Crippen LogP contribution in [0.25, 0.3) is 0 Å². The maximum absolute atomic E-state index is 4.09. The summed E-state index contributed by atoms with van der Waals surface area (Å²) in [4.78, 5) is 2.84. The Morgan fingerprint density at radius 3 is 2.59 bits per heavy atom. The number of thiophene rings is 1. The summed E-state index contributed by atoms with van der Waals surface area (Å²) in [5.41, 5.74) is 1.40. The Labute approximate surface area is 110 Å². The Hall–Kier alpha value is -0.940. The van der Waals surface area contributed by atoms with Gasteiger partial charge in [0.05, 0.1) is 6.04 Å². The van der Waals surface area contributed by atoms with Gasteiger partial charge >= 0.3 is 0 Å². The molecule has 92 valence electrons. The molecule has 17 heavy (non-hydrogen) atoms. The van der Waals surface area contributed by atoms with Gasteiger partial charge in [-0.05, 0) is 38.8 Å². The first kappa shape index (κ1) is 12.5. The van der Waals surface area contributed by atoms with Gasteiger partial charge in [-0.2, -0.15) is 0 Å². The molecule has 0 bridgehead atoms. The summed E-state index contributed by atoms with van der Waals surface area (Å²) in [7, 11) is 0. The van der Waals surface area contributed by atoms with Crippen molar-refractivity contribution >= 4 is 27.8 Å². The van der Waals surface area contributed by atoms with Gasteiger partial charge in [-0.15, -0.1) is 21.5 Å². The maximum atomic E-state index is 4.09. The van der Waals surface area contributed by atoms with Crippen LogP contribution in [0, 0.1) is 13.8 Å². The third kappa shape index (κ3) is 2.84. The van der Waals surface area contributed by atoms with Crippen LogP contribution in [0.3, 0.4) is 0 Å². The molecular weight excluding hydrogens is 250 g/mol. The molecule has 0 aliphatic carbocycles. The molecule has 0 aromatic carbocycles. The van der Waals surface area contributed by atoms with Crippen molar-refractivity contribution in [1.29, 1.82) is 0 Å². The van der Waals surface area contributed by atoms with E-state index in [4.69, 9.17) is 0 Å². The van der Waals surface area contributed by atoms with E-state index in [-0.39, 0.29) is 0 Å². The summed E-state index contributed by atoms with van der Waals surface area (Å²) in [6.07, 6.45) is 1.11. The molecule has 1 atom stereocenters. The summed E-state index contributed by atoms with van der Waals surface area (Å²) < 4.78 is 0. The summed E-state index contributed by atoms with van der Waals surface area (Å²) in [5.74, 6) is 0. The molecule has 0 aliphatic rings. The van der Waals surface area contributed by atoms with Crippen LogP contribution in [0.15, 0.2) is 6.07 Å². The number of nitrogens with zero attached hydrogens (tertiary/aromatic N) is 2. The van der Waals surface area contributed by atoms with Crippen LogP contribution in [-0.4, -0.2) is 10.2 Å². The van der Waals surface area contributed by atoms with Crippen molar-refractivity contribution in [3.8, 4) is 0 Å². The zero-order valence-electron chi connectivity index (χ0n) is 10.6. The molecule has 0 fully saturated rings. The van der Waals surface area contributed by atoms with Crippen LogP contribution in [0.2, 0.25) is 0 Å². The van der Waals surface area contributed by atoms with E-state index < -0.39 is 0 Å². The van der Waals surface area contributed by atoms with Crippen LogP contribution >= 0.6 is 22.7 Å². The molecule has 3 nitrogen and oxygen atoms in total. The van der Waals surface area contributed by atoms with E-state index in [2.05, 4.69) is 42.4 Å². The zero-order valence-corrected chi connectivity index (χ0v) is 12.2. The first-order valence-corrected chi connectivity index (χ1v) is 7.39. The van der Waals surface area contributed by atoms with Gasteiger partial charge < -0.3 is 5.32 Å². The topological polar surface area (TPSA) is 37.8 Å². The van der Waals surface area contributed by atoms with Gasteiger partial charge in [0.25, 0.3) is 0 Å². The van der Waals surface area contributed by atoms with E-state index in [1.165, 1.54) is 15.3 Å². The highest BCUT2D eigenvalue weighted by Crippen LogP contribution is 2.30. The van der Waals surface area contributed by atoms with Gasteiger partial charge in [0.15, 0.2) is 0 Å². The molecule has 2 heterocycles. The normalized spacial score (nSPS) is 12.7. The number of aromatic nitrogens is 2. The minimum atomic E-state index is 0.298. The summed E-state index contributed by atoms with van der Waals surface area (Å²) >= 11 is 3.49. The van der Waals surface area contributed by atoms with Gasteiger partial charge in [0.1, 0.15) is 5.01 Å². The van der Waals surface area contributed by atoms with E-state index in [1.807, 2.05) is 18.3 Å². The predicted octanol–water partition coefficient (Wildman–Crippen LogP) is 3.95. The third-order valence-corrected chi connectivity index (χ3v) is 4.99. The molecule has 0 radical (unpaired) electrons. The number of nitrogens with one attached hydrogen (secondary N) is 1. The zero-order chi connectivity index (χ0) is 12.4. The van der Waals surface area contributed by atoms with Crippen molar-refractivity contribution in [2.75, 3.05) is 5.32 Å². The lowest BCUT2D eigenvalue weighted by Crippen LogP contribution is -2.04. The molecule has 0 spiro atoms. The summed E-state index contributed by atoms with van der Waals surface area (Å²) in [5, 5.41) is 13.4. The molecule has 2 aromatic heterocycles. The number of anilines is 1. The second kappa shape index (κ2) is 5.14. The fraction of sp³-hybridized carbons (Fsp3) is 0.500. The smallest absolute Gasteiger partial charge is 0.206 e. The molecule has 5 heteroatoms. The van der Waals surface area contributed by atoms with Crippen LogP contribution < -0.4 is 5.32 Å². The van der Waals surface area contributed by atoms with Crippen LogP contribution in [0.4, 0.5) is 5.13 Å². The van der Waals surface area contributed by atoms with Crippen molar-refractivity contribution in [2.45, 2.75) is 40.2 Å².